The third-order valence-electron chi connectivity index (χ3n) is 2.92. The first kappa shape index (κ1) is 16.4. The molecule has 0 aromatic carbocycles. The lowest BCUT2D eigenvalue weighted by Gasteiger charge is -2.22. The van der Waals surface area contributed by atoms with Crippen molar-refractivity contribution in [2.75, 3.05) is 19.8 Å². The van der Waals surface area contributed by atoms with E-state index in [-0.39, 0.29) is 0 Å². The van der Waals surface area contributed by atoms with E-state index in [1.807, 2.05) is 0 Å². The minimum Gasteiger partial charge on any atom is -0.465 e. The molecule has 0 fully saturated rings. The molecule has 0 rings (SSSR count). The number of carbonyl (C=O) groups excluding carboxylic acids is 1. The van der Waals surface area contributed by atoms with Crippen LogP contribution >= 0.6 is 0 Å². The van der Waals surface area contributed by atoms with E-state index in [2.05, 4.69) is 6.92 Å². The molecule has 0 amide bonds. The fourth-order valence-corrected chi connectivity index (χ4v) is 1.40. The van der Waals surface area contributed by atoms with Crippen molar-refractivity contribution in [3.63, 3.8) is 0 Å². The van der Waals surface area contributed by atoms with Crippen LogP contribution in [-0.4, -0.2) is 36.0 Å². The molecule has 2 N–H and O–H groups in total. The zero-order chi connectivity index (χ0) is 13.1. The summed E-state index contributed by atoms with van der Waals surface area (Å²) in [5.41, 5.74) is -1.16. The summed E-state index contributed by atoms with van der Waals surface area (Å²) in [6, 6.07) is 0. The average molecular weight is 246 g/mol. The Morgan fingerprint density at radius 2 is 1.59 bits per heavy atom. The van der Waals surface area contributed by atoms with Gasteiger partial charge >= 0.3 is 5.97 Å². The Labute approximate surface area is 104 Å². The highest BCUT2D eigenvalue weighted by Gasteiger charge is 2.33. The fraction of sp³-hybridized carbons (Fsp3) is 0.923. The zero-order valence-corrected chi connectivity index (χ0v) is 11.1. The van der Waals surface area contributed by atoms with E-state index in [0.717, 1.165) is 12.8 Å². The molecular formula is C13H26O4. The van der Waals surface area contributed by atoms with Crippen LogP contribution in [0.2, 0.25) is 0 Å². The van der Waals surface area contributed by atoms with Gasteiger partial charge in [0.25, 0.3) is 0 Å². The van der Waals surface area contributed by atoms with E-state index in [9.17, 15) is 4.79 Å². The van der Waals surface area contributed by atoms with Crippen molar-refractivity contribution in [2.45, 2.75) is 52.4 Å². The van der Waals surface area contributed by atoms with E-state index < -0.39 is 24.6 Å². The van der Waals surface area contributed by atoms with Gasteiger partial charge in [-0.3, -0.25) is 4.79 Å². The summed E-state index contributed by atoms with van der Waals surface area (Å²) in [5.74, 6) is -0.518. The highest BCUT2D eigenvalue weighted by atomic mass is 16.5. The maximum atomic E-state index is 11.5. The van der Waals surface area contributed by atoms with Gasteiger partial charge in [0.05, 0.1) is 19.8 Å². The molecular weight excluding hydrogens is 220 g/mol. The van der Waals surface area contributed by atoms with Crippen LogP contribution in [0.15, 0.2) is 0 Å². The summed E-state index contributed by atoms with van der Waals surface area (Å²) in [5, 5.41) is 18.0. The SMILES string of the molecule is CCCCCCCCOC(=O)C(C)(CO)CO. The van der Waals surface area contributed by atoms with Gasteiger partial charge in [-0.15, -0.1) is 0 Å². The van der Waals surface area contributed by atoms with Gasteiger partial charge in [-0.2, -0.15) is 0 Å². The molecule has 0 radical (unpaired) electrons. The number of esters is 1. The summed E-state index contributed by atoms with van der Waals surface area (Å²) >= 11 is 0. The third-order valence-corrected chi connectivity index (χ3v) is 2.92. The number of rotatable bonds is 10. The maximum Gasteiger partial charge on any atom is 0.316 e. The van der Waals surface area contributed by atoms with Crippen LogP contribution in [0.5, 0.6) is 0 Å². The van der Waals surface area contributed by atoms with E-state index in [0.29, 0.717) is 6.61 Å². The Morgan fingerprint density at radius 1 is 1.06 bits per heavy atom. The molecule has 0 unspecified atom stereocenters. The summed E-state index contributed by atoms with van der Waals surface area (Å²) in [6.07, 6.45) is 6.79. The Balaban J connectivity index is 3.57. The smallest absolute Gasteiger partial charge is 0.316 e. The first-order valence-electron chi connectivity index (χ1n) is 6.49. The monoisotopic (exact) mass is 246 g/mol. The molecule has 0 saturated heterocycles. The van der Waals surface area contributed by atoms with E-state index in [4.69, 9.17) is 14.9 Å². The third kappa shape index (κ3) is 6.64. The minimum atomic E-state index is -1.16. The lowest BCUT2D eigenvalue weighted by Crippen LogP contribution is -2.37. The quantitative estimate of drug-likeness (QED) is 0.456. The molecule has 0 saturated carbocycles. The van der Waals surface area contributed by atoms with Crippen molar-refractivity contribution >= 4 is 5.97 Å². The van der Waals surface area contributed by atoms with E-state index in [1.165, 1.54) is 32.6 Å². The molecule has 0 spiro atoms. The Morgan fingerprint density at radius 3 is 2.12 bits per heavy atom. The fourth-order valence-electron chi connectivity index (χ4n) is 1.40. The molecule has 0 aromatic rings. The van der Waals surface area contributed by atoms with Crippen molar-refractivity contribution in [1.82, 2.24) is 0 Å². The van der Waals surface area contributed by atoms with Crippen LogP contribution in [0.1, 0.15) is 52.4 Å². The summed E-state index contributed by atoms with van der Waals surface area (Å²) in [7, 11) is 0. The first-order valence-corrected chi connectivity index (χ1v) is 6.49. The van der Waals surface area contributed by atoms with Gasteiger partial charge in [0.1, 0.15) is 5.41 Å². The molecule has 0 aliphatic heterocycles. The molecule has 0 aliphatic carbocycles. The second kappa shape index (κ2) is 9.42. The number of carbonyl (C=O) groups is 1. The molecule has 17 heavy (non-hydrogen) atoms. The maximum absolute atomic E-state index is 11.5. The Hall–Kier alpha value is -0.610. The Kier molecular flexibility index (Phi) is 9.09. The molecule has 4 heteroatoms. The van der Waals surface area contributed by atoms with Crippen molar-refractivity contribution in [3.8, 4) is 0 Å². The topological polar surface area (TPSA) is 66.8 Å². The Bertz CT molecular complexity index is 200. The van der Waals surface area contributed by atoms with Gasteiger partial charge in [0.2, 0.25) is 0 Å². The standard InChI is InChI=1S/C13H26O4/c1-3-4-5-6-7-8-9-17-12(16)13(2,10-14)11-15/h14-15H,3-11H2,1-2H3. The molecule has 0 aliphatic rings. The van der Waals surface area contributed by atoms with Crippen LogP contribution in [-0.2, 0) is 9.53 Å². The number of hydrogen-bond donors (Lipinski definition) is 2. The van der Waals surface area contributed by atoms with Gasteiger partial charge in [0, 0.05) is 0 Å². The molecule has 0 aromatic heterocycles. The summed E-state index contributed by atoms with van der Waals surface area (Å²) in [4.78, 5) is 11.5. The molecule has 0 heterocycles. The van der Waals surface area contributed by atoms with Crippen LogP contribution in [0, 0.1) is 5.41 Å². The van der Waals surface area contributed by atoms with Crippen LogP contribution in [0.25, 0.3) is 0 Å². The first-order chi connectivity index (χ1) is 8.10. The van der Waals surface area contributed by atoms with Gasteiger partial charge < -0.3 is 14.9 Å². The molecule has 102 valence electrons. The van der Waals surface area contributed by atoms with Crippen LogP contribution < -0.4 is 0 Å². The molecule has 0 atom stereocenters. The highest BCUT2D eigenvalue weighted by Crippen LogP contribution is 2.16. The van der Waals surface area contributed by atoms with Gasteiger partial charge in [0.15, 0.2) is 0 Å². The van der Waals surface area contributed by atoms with Gasteiger partial charge in [-0.1, -0.05) is 39.0 Å². The lowest BCUT2D eigenvalue weighted by molar-refractivity contribution is -0.160. The number of hydrogen-bond acceptors (Lipinski definition) is 4. The van der Waals surface area contributed by atoms with Crippen LogP contribution in [0.4, 0.5) is 0 Å². The normalized spacial score (nSPS) is 11.5. The minimum absolute atomic E-state index is 0.376. The van der Waals surface area contributed by atoms with Crippen molar-refractivity contribution in [1.29, 1.82) is 0 Å². The van der Waals surface area contributed by atoms with Crippen LogP contribution in [0.3, 0.4) is 0 Å². The second-order valence-electron chi connectivity index (χ2n) is 4.78. The summed E-state index contributed by atoms with van der Waals surface area (Å²) < 4.78 is 5.04. The number of aliphatic hydroxyl groups excluding tert-OH is 2. The van der Waals surface area contributed by atoms with Crippen molar-refractivity contribution in [3.05, 3.63) is 0 Å². The average Bonchev–Trinajstić information content (AvgIpc) is 2.36. The zero-order valence-electron chi connectivity index (χ0n) is 11.1. The molecule has 4 nitrogen and oxygen atoms in total. The second-order valence-corrected chi connectivity index (χ2v) is 4.78. The largest absolute Gasteiger partial charge is 0.465 e. The van der Waals surface area contributed by atoms with Gasteiger partial charge in [-0.25, -0.2) is 0 Å². The summed E-state index contributed by atoms with van der Waals surface area (Å²) in [6.45, 7) is 3.27. The number of aliphatic hydroxyl groups is 2. The predicted molar refractivity (Wildman–Crippen MR) is 66.6 cm³/mol. The van der Waals surface area contributed by atoms with E-state index >= 15 is 0 Å². The molecule has 0 bridgehead atoms. The van der Waals surface area contributed by atoms with Crippen molar-refractivity contribution < 1.29 is 19.7 Å². The lowest BCUT2D eigenvalue weighted by atomic mass is 9.93. The highest BCUT2D eigenvalue weighted by molar-refractivity contribution is 5.76. The number of unbranched alkanes of at least 4 members (excludes halogenated alkanes) is 5. The van der Waals surface area contributed by atoms with Crippen molar-refractivity contribution in [2.24, 2.45) is 5.41 Å². The number of ether oxygens (including phenoxy) is 1. The predicted octanol–water partition coefficient (Wildman–Crippen LogP) is 1.88. The van der Waals surface area contributed by atoms with Gasteiger partial charge in [-0.05, 0) is 13.3 Å². The van der Waals surface area contributed by atoms with E-state index in [1.54, 1.807) is 0 Å².